The van der Waals surface area contributed by atoms with Crippen LogP contribution < -0.4 is 5.32 Å². The van der Waals surface area contributed by atoms with Crippen LogP contribution in [0.3, 0.4) is 0 Å². The largest absolute Gasteiger partial charge is 0.317 e. The Kier molecular flexibility index (Phi) is 4.38. The minimum Gasteiger partial charge on any atom is -0.317 e. The van der Waals surface area contributed by atoms with Crippen LogP contribution in [0, 0.1) is 20.8 Å². The van der Waals surface area contributed by atoms with Gasteiger partial charge in [0, 0.05) is 5.69 Å². The fourth-order valence-electron chi connectivity index (χ4n) is 2.44. The lowest BCUT2D eigenvalue weighted by Crippen LogP contribution is -2.16. The smallest absolute Gasteiger partial charge is 0.0651 e. The standard InChI is InChI=1S/C16H23N3/c1-5-17-10-9-16-13(3)18-19(14(16)4)15-8-6-7-12(2)11-15/h6-8,11,17H,5,9-10H2,1-4H3. The average Bonchev–Trinajstić information content (AvgIpc) is 2.67. The zero-order valence-electron chi connectivity index (χ0n) is 12.3. The second-order valence-corrected chi connectivity index (χ2v) is 5.00. The monoisotopic (exact) mass is 257 g/mol. The van der Waals surface area contributed by atoms with Crippen molar-refractivity contribution < 1.29 is 0 Å². The lowest BCUT2D eigenvalue weighted by atomic mass is 10.1. The highest BCUT2D eigenvalue weighted by Crippen LogP contribution is 2.18. The molecule has 2 aromatic rings. The van der Waals surface area contributed by atoms with Gasteiger partial charge in [0.05, 0.1) is 11.4 Å². The van der Waals surface area contributed by atoms with E-state index in [-0.39, 0.29) is 0 Å². The van der Waals surface area contributed by atoms with E-state index in [9.17, 15) is 0 Å². The molecule has 3 nitrogen and oxygen atoms in total. The maximum atomic E-state index is 4.69. The zero-order chi connectivity index (χ0) is 13.8. The molecule has 0 radical (unpaired) electrons. The molecule has 0 aliphatic carbocycles. The molecular formula is C16H23N3. The first kappa shape index (κ1) is 13.8. The molecule has 0 bridgehead atoms. The van der Waals surface area contributed by atoms with Crippen molar-refractivity contribution in [3.63, 3.8) is 0 Å². The van der Waals surface area contributed by atoms with E-state index in [2.05, 4.69) is 67.1 Å². The third kappa shape index (κ3) is 3.04. The van der Waals surface area contributed by atoms with E-state index in [1.165, 1.54) is 16.8 Å². The van der Waals surface area contributed by atoms with E-state index in [1.807, 2.05) is 0 Å². The Bertz CT molecular complexity index is 555. The lowest BCUT2D eigenvalue weighted by Gasteiger charge is -2.06. The Hall–Kier alpha value is -1.61. The lowest BCUT2D eigenvalue weighted by molar-refractivity contribution is 0.713. The molecule has 1 aromatic carbocycles. The highest BCUT2D eigenvalue weighted by molar-refractivity contribution is 5.39. The summed E-state index contributed by atoms with van der Waals surface area (Å²) in [7, 11) is 0. The Morgan fingerprint density at radius 2 is 2.00 bits per heavy atom. The summed E-state index contributed by atoms with van der Waals surface area (Å²) in [6.07, 6.45) is 1.04. The van der Waals surface area contributed by atoms with Gasteiger partial charge in [-0.3, -0.25) is 0 Å². The Balaban J connectivity index is 2.30. The molecule has 3 heteroatoms. The van der Waals surface area contributed by atoms with Gasteiger partial charge in [0.15, 0.2) is 0 Å². The summed E-state index contributed by atoms with van der Waals surface area (Å²) in [5.41, 5.74) is 6.16. The van der Waals surface area contributed by atoms with E-state index in [0.717, 1.165) is 30.9 Å². The van der Waals surface area contributed by atoms with Gasteiger partial charge in [-0.05, 0) is 63.5 Å². The van der Waals surface area contributed by atoms with Crippen molar-refractivity contribution in [3.8, 4) is 5.69 Å². The third-order valence-electron chi connectivity index (χ3n) is 3.49. The van der Waals surface area contributed by atoms with Crippen LogP contribution in [0.4, 0.5) is 0 Å². The summed E-state index contributed by atoms with van der Waals surface area (Å²) in [4.78, 5) is 0. The molecular weight excluding hydrogens is 234 g/mol. The Morgan fingerprint density at radius 3 is 2.68 bits per heavy atom. The molecule has 0 atom stereocenters. The number of aryl methyl sites for hydroxylation is 2. The molecule has 0 saturated heterocycles. The fraction of sp³-hybridized carbons (Fsp3) is 0.438. The van der Waals surface area contributed by atoms with Crippen molar-refractivity contribution in [1.29, 1.82) is 0 Å². The first-order valence-corrected chi connectivity index (χ1v) is 6.96. The molecule has 1 heterocycles. The van der Waals surface area contributed by atoms with Gasteiger partial charge in [-0.15, -0.1) is 0 Å². The number of hydrogen-bond acceptors (Lipinski definition) is 2. The Labute approximate surface area is 115 Å². The van der Waals surface area contributed by atoms with Gasteiger partial charge in [-0.2, -0.15) is 5.10 Å². The summed E-state index contributed by atoms with van der Waals surface area (Å²) in [6, 6.07) is 8.48. The van der Waals surface area contributed by atoms with Crippen LogP contribution in [0.25, 0.3) is 5.69 Å². The minimum atomic E-state index is 1.01. The van der Waals surface area contributed by atoms with E-state index in [0.29, 0.717) is 0 Å². The topological polar surface area (TPSA) is 29.9 Å². The molecule has 0 aliphatic heterocycles. The minimum absolute atomic E-state index is 1.01. The normalized spacial score (nSPS) is 10.9. The van der Waals surface area contributed by atoms with Crippen LogP contribution in [0.2, 0.25) is 0 Å². The summed E-state index contributed by atoms with van der Waals surface area (Å²) < 4.78 is 2.06. The third-order valence-corrected chi connectivity index (χ3v) is 3.49. The highest BCUT2D eigenvalue weighted by Gasteiger charge is 2.12. The van der Waals surface area contributed by atoms with E-state index in [1.54, 1.807) is 0 Å². The van der Waals surface area contributed by atoms with Crippen LogP contribution in [-0.2, 0) is 6.42 Å². The molecule has 0 amide bonds. The maximum absolute atomic E-state index is 4.69. The summed E-state index contributed by atoms with van der Waals surface area (Å²) in [5, 5.41) is 8.06. The molecule has 1 N–H and O–H groups in total. The maximum Gasteiger partial charge on any atom is 0.0651 e. The molecule has 0 saturated carbocycles. The predicted octanol–water partition coefficient (Wildman–Crippen LogP) is 2.95. The van der Waals surface area contributed by atoms with Crippen LogP contribution in [-0.4, -0.2) is 22.9 Å². The highest BCUT2D eigenvalue weighted by atomic mass is 15.3. The number of aromatic nitrogens is 2. The quantitative estimate of drug-likeness (QED) is 0.835. The van der Waals surface area contributed by atoms with Gasteiger partial charge in [-0.25, -0.2) is 4.68 Å². The van der Waals surface area contributed by atoms with Crippen LogP contribution in [0.1, 0.15) is 29.4 Å². The van der Waals surface area contributed by atoms with Crippen LogP contribution in [0.15, 0.2) is 24.3 Å². The Morgan fingerprint density at radius 1 is 1.21 bits per heavy atom. The van der Waals surface area contributed by atoms with Gasteiger partial charge in [0.25, 0.3) is 0 Å². The summed E-state index contributed by atoms with van der Waals surface area (Å²) in [5.74, 6) is 0. The summed E-state index contributed by atoms with van der Waals surface area (Å²) >= 11 is 0. The fourth-order valence-corrected chi connectivity index (χ4v) is 2.44. The number of likely N-dealkylation sites (N-methyl/N-ethyl adjacent to an activating group) is 1. The van der Waals surface area contributed by atoms with Crippen molar-refractivity contribution in [1.82, 2.24) is 15.1 Å². The van der Waals surface area contributed by atoms with E-state index >= 15 is 0 Å². The molecule has 102 valence electrons. The molecule has 0 unspecified atom stereocenters. The van der Waals surface area contributed by atoms with Crippen LogP contribution in [0.5, 0.6) is 0 Å². The molecule has 2 rings (SSSR count). The number of rotatable bonds is 5. The van der Waals surface area contributed by atoms with Crippen molar-refractivity contribution in [2.45, 2.75) is 34.1 Å². The second-order valence-electron chi connectivity index (χ2n) is 5.00. The zero-order valence-corrected chi connectivity index (χ0v) is 12.3. The van der Waals surface area contributed by atoms with Gasteiger partial charge >= 0.3 is 0 Å². The van der Waals surface area contributed by atoms with Crippen molar-refractivity contribution in [3.05, 3.63) is 46.8 Å². The SMILES string of the molecule is CCNCCc1c(C)nn(-c2cccc(C)c2)c1C. The number of nitrogens with one attached hydrogen (secondary N) is 1. The van der Waals surface area contributed by atoms with Crippen molar-refractivity contribution in [2.75, 3.05) is 13.1 Å². The molecule has 0 fully saturated rings. The second kappa shape index (κ2) is 6.02. The average molecular weight is 257 g/mol. The van der Waals surface area contributed by atoms with E-state index in [4.69, 9.17) is 0 Å². The number of nitrogens with zero attached hydrogens (tertiary/aromatic N) is 2. The molecule has 0 aliphatic rings. The van der Waals surface area contributed by atoms with Gasteiger partial charge in [0.1, 0.15) is 0 Å². The predicted molar refractivity (Wildman–Crippen MR) is 80.0 cm³/mol. The number of benzene rings is 1. The van der Waals surface area contributed by atoms with Gasteiger partial charge in [-0.1, -0.05) is 19.1 Å². The van der Waals surface area contributed by atoms with Crippen LogP contribution >= 0.6 is 0 Å². The molecule has 1 aromatic heterocycles. The molecule has 0 spiro atoms. The van der Waals surface area contributed by atoms with E-state index < -0.39 is 0 Å². The first-order valence-electron chi connectivity index (χ1n) is 6.96. The first-order chi connectivity index (χ1) is 9.13. The number of hydrogen-bond donors (Lipinski definition) is 1. The van der Waals surface area contributed by atoms with Gasteiger partial charge in [0.2, 0.25) is 0 Å². The summed E-state index contributed by atoms with van der Waals surface area (Å²) in [6.45, 7) is 10.5. The van der Waals surface area contributed by atoms with Crippen molar-refractivity contribution >= 4 is 0 Å². The van der Waals surface area contributed by atoms with Gasteiger partial charge < -0.3 is 5.32 Å². The van der Waals surface area contributed by atoms with Crippen molar-refractivity contribution in [2.24, 2.45) is 0 Å². The molecule has 19 heavy (non-hydrogen) atoms.